The van der Waals surface area contributed by atoms with E-state index in [2.05, 4.69) is 5.32 Å². The van der Waals surface area contributed by atoms with Gasteiger partial charge in [-0.2, -0.15) is 0 Å². The summed E-state index contributed by atoms with van der Waals surface area (Å²) in [7, 11) is 0. The van der Waals surface area contributed by atoms with E-state index >= 15 is 0 Å². The number of nitrogens with two attached hydrogens (primary N) is 1. The molecule has 0 aliphatic carbocycles. The molecule has 0 saturated carbocycles. The summed E-state index contributed by atoms with van der Waals surface area (Å²) in [6.07, 6.45) is 0. The van der Waals surface area contributed by atoms with Crippen molar-refractivity contribution in [1.82, 2.24) is 5.32 Å². The molecule has 3 heteroatoms. The summed E-state index contributed by atoms with van der Waals surface area (Å²) in [6, 6.07) is 7.07. The molecule has 15 heavy (non-hydrogen) atoms. The molecule has 3 unspecified atom stereocenters. The van der Waals surface area contributed by atoms with Gasteiger partial charge in [0.15, 0.2) is 0 Å². The van der Waals surface area contributed by atoms with E-state index in [1.54, 1.807) is 12.1 Å². The number of rotatable bonds is 4. The Morgan fingerprint density at radius 2 is 1.67 bits per heavy atom. The molecule has 84 valence electrons. The van der Waals surface area contributed by atoms with Gasteiger partial charge in [0.05, 0.1) is 0 Å². The van der Waals surface area contributed by atoms with Gasteiger partial charge in [-0.15, -0.1) is 0 Å². The van der Waals surface area contributed by atoms with Crippen LogP contribution < -0.4 is 11.1 Å². The van der Waals surface area contributed by atoms with Crippen LogP contribution in [-0.2, 0) is 0 Å². The van der Waals surface area contributed by atoms with Crippen molar-refractivity contribution in [1.29, 1.82) is 0 Å². The van der Waals surface area contributed by atoms with E-state index in [4.69, 9.17) is 5.73 Å². The molecule has 3 atom stereocenters. The summed E-state index contributed by atoms with van der Waals surface area (Å²) in [4.78, 5) is 0. The molecule has 1 aromatic carbocycles. The Bertz CT molecular complexity index is 295. The van der Waals surface area contributed by atoms with Gasteiger partial charge in [-0.25, -0.2) is 4.39 Å². The van der Waals surface area contributed by atoms with Gasteiger partial charge in [0.1, 0.15) is 5.82 Å². The van der Waals surface area contributed by atoms with Crippen molar-refractivity contribution < 1.29 is 4.39 Å². The van der Waals surface area contributed by atoms with Crippen molar-refractivity contribution >= 4 is 0 Å². The Kier molecular flexibility index (Phi) is 4.24. The number of nitrogens with one attached hydrogen (secondary N) is 1. The fraction of sp³-hybridized carbons (Fsp3) is 0.500. The largest absolute Gasteiger partial charge is 0.327 e. The number of halogens is 1. The van der Waals surface area contributed by atoms with Crippen molar-refractivity contribution in [2.45, 2.75) is 38.9 Å². The lowest BCUT2D eigenvalue weighted by molar-refractivity contribution is 0.429. The van der Waals surface area contributed by atoms with Crippen LogP contribution >= 0.6 is 0 Å². The van der Waals surface area contributed by atoms with Gasteiger partial charge < -0.3 is 11.1 Å². The summed E-state index contributed by atoms with van der Waals surface area (Å²) in [5.74, 6) is -0.203. The third kappa shape index (κ3) is 3.61. The number of hydrogen-bond acceptors (Lipinski definition) is 2. The molecular formula is C12H19FN2. The molecule has 0 radical (unpaired) electrons. The van der Waals surface area contributed by atoms with Crippen molar-refractivity contribution in [2.24, 2.45) is 5.73 Å². The molecule has 1 aromatic rings. The fourth-order valence-corrected chi connectivity index (χ4v) is 1.39. The summed E-state index contributed by atoms with van der Waals surface area (Å²) < 4.78 is 12.7. The van der Waals surface area contributed by atoms with Crippen LogP contribution in [0.25, 0.3) is 0 Å². The number of benzene rings is 1. The Balaban J connectivity index is 2.61. The Labute approximate surface area is 90.7 Å². The average molecular weight is 210 g/mol. The highest BCUT2D eigenvalue weighted by Crippen LogP contribution is 2.13. The van der Waals surface area contributed by atoms with Gasteiger partial charge in [-0.05, 0) is 38.5 Å². The van der Waals surface area contributed by atoms with Gasteiger partial charge in [-0.1, -0.05) is 12.1 Å². The highest BCUT2D eigenvalue weighted by atomic mass is 19.1. The molecule has 0 amide bonds. The first-order valence-corrected chi connectivity index (χ1v) is 5.28. The van der Waals surface area contributed by atoms with Crippen LogP contribution in [0.5, 0.6) is 0 Å². The molecule has 0 saturated heterocycles. The van der Waals surface area contributed by atoms with E-state index in [0.29, 0.717) is 0 Å². The van der Waals surface area contributed by atoms with E-state index in [1.165, 1.54) is 12.1 Å². The van der Waals surface area contributed by atoms with Crippen LogP contribution in [0.3, 0.4) is 0 Å². The quantitative estimate of drug-likeness (QED) is 0.799. The van der Waals surface area contributed by atoms with Crippen LogP contribution in [0.15, 0.2) is 24.3 Å². The van der Waals surface area contributed by atoms with Crippen molar-refractivity contribution in [2.75, 3.05) is 0 Å². The van der Waals surface area contributed by atoms with Crippen molar-refractivity contribution in [3.63, 3.8) is 0 Å². The van der Waals surface area contributed by atoms with Crippen LogP contribution in [0.1, 0.15) is 32.4 Å². The molecule has 2 nitrogen and oxygen atoms in total. The predicted octanol–water partition coefficient (Wildman–Crippen LogP) is 2.21. The molecule has 0 spiro atoms. The Hall–Kier alpha value is -0.930. The molecule has 3 N–H and O–H groups in total. The van der Waals surface area contributed by atoms with Gasteiger partial charge in [0, 0.05) is 18.1 Å². The molecule has 0 aromatic heterocycles. The lowest BCUT2D eigenvalue weighted by atomic mass is 10.1. The summed E-state index contributed by atoms with van der Waals surface area (Å²) in [6.45, 7) is 6.06. The minimum Gasteiger partial charge on any atom is -0.327 e. The Morgan fingerprint density at radius 1 is 1.13 bits per heavy atom. The van der Waals surface area contributed by atoms with Gasteiger partial charge in [0.2, 0.25) is 0 Å². The summed E-state index contributed by atoms with van der Waals surface area (Å²) in [5, 5.41) is 3.37. The smallest absolute Gasteiger partial charge is 0.123 e. The maximum atomic E-state index is 12.7. The maximum absolute atomic E-state index is 12.7. The zero-order chi connectivity index (χ0) is 11.4. The second kappa shape index (κ2) is 5.24. The third-order valence-corrected chi connectivity index (χ3v) is 2.67. The molecule has 0 aliphatic rings. The van der Waals surface area contributed by atoms with Gasteiger partial charge in [-0.3, -0.25) is 0 Å². The molecule has 0 aliphatic heterocycles. The molecule has 0 bridgehead atoms. The second-order valence-corrected chi connectivity index (χ2v) is 4.09. The SMILES string of the molecule is CC(NC(C)C(C)N)c1ccc(F)cc1. The molecule has 0 fully saturated rings. The zero-order valence-electron chi connectivity index (χ0n) is 9.50. The summed E-state index contributed by atoms with van der Waals surface area (Å²) >= 11 is 0. The highest BCUT2D eigenvalue weighted by Gasteiger charge is 2.12. The minimum absolute atomic E-state index is 0.105. The topological polar surface area (TPSA) is 38.0 Å². The molecular weight excluding hydrogens is 191 g/mol. The van der Waals surface area contributed by atoms with Crippen LogP contribution in [-0.4, -0.2) is 12.1 Å². The second-order valence-electron chi connectivity index (χ2n) is 4.09. The highest BCUT2D eigenvalue weighted by molar-refractivity contribution is 5.19. The lowest BCUT2D eigenvalue weighted by Gasteiger charge is -2.23. The lowest BCUT2D eigenvalue weighted by Crippen LogP contribution is -2.41. The van der Waals surface area contributed by atoms with E-state index in [0.717, 1.165) is 5.56 Å². The van der Waals surface area contributed by atoms with Gasteiger partial charge >= 0.3 is 0 Å². The first-order chi connectivity index (χ1) is 7.00. The summed E-state index contributed by atoms with van der Waals surface area (Å²) in [5.41, 5.74) is 6.84. The van der Waals surface area contributed by atoms with Gasteiger partial charge in [0.25, 0.3) is 0 Å². The van der Waals surface area contributed by atoms with E-state index < -0.39 is 0 Å². The standard InChI is InChI=1S/C12H19FN2/c1-8(14)9(2)15-10(3)11-4-6-12(13)7-5-11/h4-10,15H,14H2,1-3H3. The van der Waals surface area contributed by atoms with Crippen molar-refractivity contribution in [3.8, 4) is 0 Å². The average Bonchev–Trinajstić information content (AvgIpc) is 2.18. The first-order valence-electron chi connectivity index (χ1n) is 5.28. The third-order valence-electron chi connectivity index (χ3n) is 2.67. The zero-order valence-corrected chi connectivity index (χ0v) is 9.50. The van der Waals surface area contributed by atoms with Crippen molar-refractivity contribution in [3.05, 3.63) is 35.6 Å². The predicted molar refractivity (Wildman–Crippen MR) is 61.1 cm³/mol. The maximum Gasteiger partial charge on any atom is 0.123 e. The van der Waals surface area contributed by atoms with E-state index in [9.17, 15) is 4.39 Å². The monoisotopic (exact) mass is 210 g/mol. The minimum atomic E-state index is -0.203. The molecule has 1 rings (SSSR count). The fourth-order valence-electron chi connectivity index (χ4n) is 1.39. The van der Waals surface area contributed by atoms with E-state index in [1.807, 2.05) is 20.8 Å². The van der Waals surface area contributed by atoms with Crippen LogP contribution in [0.4, 0.5) is 4.39 Å². The van der Waals surface area contributed by atoms with E-state index in [-0.39, 0.29) is 23.9 Å². The molecule has 0 heterocycles. The Morgan fingerprint density at radius 3 is 2.13 bits per heavy atom. The normalized spacial score (nSPS) is 17.1. The van der Waals surface area contributed by atoms with Crippen LogP contribution in [0.2, 0.25) is 0 Å². The first kappa shape index (κ1) is 12.1. The van der Waals surface area contributed by atoms with Crippen LogP contribution in [0, 0.1) is 5.82 Å². The number of hydrogen-bond donors (Lipinski definition) is 2.